The van der Waals surface area contributed by atoms with Crippen LogP contribution in [0.3, 0.4) is 0 Å². The second-order valence-corrected chi connectivity index (χ2v) is 8.85. The van der Waals surface area contributed by atoms with Crippen LogP contribution < -0.4 is 19.9 Å². The molecule has 0 aliphatic carbocycles. The molecule has 3 aromatic carbocycles. The maximum Gasteiger partial charge on any atom is 0.293 e. The molecule has 0 spiro atoms. The monoisotopic (exact) mass is 512 g/mol. The van der Waals surface area contributed by atoms with Crippen molar-refractivity contribution >= 4 is 57.3 Å². The van der Waals surface area contributed by atoms with Crippen molar-refractivity contribution in [1.82, 2.24) is 4.90 Å². The summed E-state index contributed by atoms with van der Waals surface area (Å²) in [5.41, 5.74) is 5.63. The molecule has 0 aromatic heterocycles. The van der Waals surface area contributed by atoms with E-state index < -0.39 is 11.8 Å². The fourth-order valence-electron chi connectivity index (χ4n) is 3.52. The van der Waals surface area contributed by atoms with Crippen molar-refractivity contribution in [2.24, 2.45) is 5.73 Å². The Morgan fingerprint density at radius 1 is 1.09 bits per heavy atom. The summed E-state index contributed by atoms with van der Waals surface area (Å²) in [6, 6.07) is 16.7. The average molecular weight is 513 g/mol. The van der Waals surface area contributed by atoms with Gasteiger partial charge in [-0.2, -0.15) is 0 Å². The first-order valence-corrected chi connectivity index (χ1v) is 11.7. The van der Waals surface area contributed by atoms with E-state index in [9.17, 15) is 14.4 Å². The highest BCUT2D eigenvalue weighted by atomic mass is 35.5. The van der Waals surface area contributed by atoms with Crippen molar-refractivity contribution in [3.05, 3.63) is 70.1 Å². The van der Waals surface area contributed by atoms with E-state index in [1.165, 1.54) is 13.2 Å². The molecule has 10 heteroatoms. The summed E-state index contributed by atoms with van der Waals surface area (Å²) in [7, 11) is 1.41. The van der Waals surface area contributed by atoms with Crippen LogP contribution in [0.1, 0.15) is 5.56 Å². The number of hydrogen-bond donors (Lipinski definition) is 1. The maximum atomic E-state index is 12.9. The van der Waals surface area contributed by atoms with Crippen LogP contribution in [-0.4, -0.2) is 48.8 Å². The molecule has 2 N–H and O–H groups in total. The predicted molar refractivity (Wildman–Crippen MR) is 135 cm³/mol. The molecule has 1 saturated heterocycles. The summed E-state index contributed by atoms with van der Waals surface area (Å²) in [6.07, 6.45) is 1.54. The molecule has 0 unspecified atom stereocenters. The molecule has 1 aliphatic rings. The minimum absolute atomic E-state index is 0.106. The summed E-state index contributed by atoms with van der Waals surface area (Å²) in [5.74, 6) is 0.0125. The Kier molecular flexibility index (Phi) is 7.48. The zero-order valence-electron chi connectivity index (χ0n) is 18.7. The summed E-state index contributed by atoms with van der Waals surface area (Å²) in [4.78, 5) is 37.8. The van der Waals surface area contributed by atoms with Crippen molar-refractivity contribution in [1.29, 1.82) is 0 Å². The van der Waals surface area contributed by atoms with Gasteiger partial charge in [0.25, 0.3) is 17.1 Å². The summed E-state index contributed by atoms with van der Waals surface area (Å²) in [6.45, 7) is -0.102. The van der Waals surface area contributed by atoms with Crippen LogP contribution in [0.2, 0.25) is 5.02 Å². The van der Waals surface area contributed by atoms with E-state index in [0.717, 1.165) is 27.4 Å². The second-order valence-electron chi connectivity index (χ2n) is 7.45. The van der Waals surface area contributed by atoms with Crippen molar-refractivity contribution in [3.63, 3.8) is 0 Å². The molecule has 0 bridgehead atoms. The van der Waals surface area contributed by atoms with E-state index in [1.807, 2.05) is 42.5 Å². The molecule has 0 atom stereocenters. The number of halogens is 1. The number of thioether (sulfide) groups is 1. The number of rotatable bonds is 9. The molecule has 1 heterocycles. The molecule has 8 nitrogen and oxygen atoms in total. The molecule has 0 saturated carbocycles. The average Bonchev–Trinajstić information content (AvgIpc) is 3.10. The predicted octanol–water partition coefficient (Wildman–Crippen LogP) is 4.48. The Labute approximate surface area is 210 Å². The number of nitrogens with zero attached hydrogens (tertiary/aromatic N) is 1. The molecular formula is C25H21ClN2O6S. The van der Waals surface area contributed by atoms with Crippen LogP contribution in [-0.2, 0) is 9.59 Å². The quantitative estimate of drug-likeness (QED) is 0.421. The van der Waals surface area contributed by atoms with Gasteiger partial charge in [-0.1, -0.05) is 48.0 Å². The minimum atomic E-state index is -0.662. The smallest absolute Gasteiger partial charge is 0.293 e. The third-order valence-electron chi connectivity index (χ3n) is 5.10. The molecule has 0 radical (unpaired) electrons. The van der Waals surface area contributed by atoms with Crippen LogP contribution in [0.5, 0.6) is 17.2 Å². The van der Waals surface area contributed by atoms with Crippen LogP contribution in [0.4, 0.5) is 4.79 Å². The van der Waals surface area contributed by atoms with E-state index in [1.54, 1.807) is 12.1 Å². The summed E-state index contributed by atoms with van der Waals surface area (Å²) in [5, 5.41) is 1.78. The largest absolute Gasteiger partial charge is 0.493 e. The van der Waals surface area contributed by atoms with E-state index >= 15 is 0 Å². The van der Waals surface area contributed by atoms with Gasteiger partial charge >= 0.3 is 0 Å². The number of methoxy groups -OCH3 is 1. The minimum Gasteiger partial charge on any atom is -0.493 e. The molecule has 4 rings (SSSR count). The van der Waals surface area contributed by atoms with Gasteiger partial charge in [-0.25, -0.2) is 0 Å². The van der Waals surface area contributed by atoms with Gasteiger partial charge in [-0.15, -0.1) is 0 Å². The van der Waals surface area contributed by atoms with Gasteiger partial charge in [0.1, 0.15) is 12.4 Å². The third-order valence-corrected chi connectivity index (χ3v) is 6.29. The van der Waals surface area contributed by atoms with Gasteiger partial charge in [-0.05, 0) is 47.0 Å². The number of carbonyl (C=O) groups is 3. The highest BCUT2D eigenvalue weighted by molar-refractivity contribution is 8.18. The lowest BCUT2D eigenvalue weighted by molar-refractivity contribution is -0.123. The Bertz CT molecular complexity index is 1340. The Morgan fingerprint density at radius 2 is 1.86 bits per heavy atom. The van der Waals surface area contributed by atoms with Crippen LogP contribution >= 0.6 is 23.4 Å². The first-order valence-electron chi connectivity index (χ1n) is 10.5. The number of carbonyl (C=O) groups excluding carboxylic acids is 3. The van der Waals surface area contributed by atoms with Gasteiger partial charge in [0.15, 0.2) is 18.1 Å². The normalized spacial score (nSPS) is 14.6. The van der Waals surface area contributed by atoms with Crippen molar-refractivity contribution in [2.75, 3.05) is 26.9 Å². The van der Waals surface area contributed by atoms with Gasteiger partial charge in [0.05, 0.1) is 23.6 Å². The Morgan fingerprint density at radius 3 is 2.63 bits per heavy atom. The number of primary amides is 1. The number of ether oxygens (including phenoxy) is 3. The number of fused-ring (bicyclic) bond motifs is 1. The highest BCUT2D eigenvalue weighted by Crippen LogP contribution is 2.39. The topological polar surface area (TPSA) is 108 Å². The standard InChI is InChI=1S/C25H21ClN2O6S/c1-32-20-12-15(11-18(26)23(20)34-14-22(27)29)13-21-24(30)28(25(31)35-21)9-10-33-19-8-4-6-16-5-2-3-7-17(16)19/h2-8,11-13H,9-10,14H2,1H3,(H2,27,29)/b21-13-. The third kappa shape index (κ3) is 5.52. The number of nitrogens with two attached hydrogens (primary N) is 1. The Balaban J connectivity index is 1.46. The lowest BCUT2D eigenvalue weighted by atomic mass is 10.1. The lowest BCUT2D eigenvalue weighted by Crippen LogP contribution is -2.32. The fourth-order valence-corrected chi connectivity index (χ4v) is 4.66. The van der Waals surface area contributed by atoms with E-state index in [0.29, 0.717) is 11.3 Å². The van der Waals surface area contributed by atoms with Gasteiger partial charge in [0.2, 0.25) is 0 Å². The Hall–Kier alpha value is -3.69. The zero-order chi connectivity index (χ0) is 24.9. The van der Waals surface area contributed by atoms with Gasteiger partial charge in [0, 0.05) is 5.39 Å². The number of benzene rings is 3. The number of imide groups is 1. The van der Waals surface area contributed by atoms with E-state index in [2.05, 4.69) is 0 Å². The zero-order valence-corrected chi connectivity index (χ0v) is 20.2. The molecule has 3 amide bonds. The first-order chi connectivity index (χ1) is 16.9. The number of hydrogen-bond acceptors (Lipinski definition) is 7. The molecular weight excluding hydrogens is 492 g/mol. The van der Waals surface area contributed by atoms with Crippen molar-refractivity contribution in [2.45, 2.75) is 0 Å². The van der Waals surface area contributed by atoms with Crippen molar-refractivity contribution < 1.29 is 28.6 Å². The summed E-state index contributed by atoms with van der Waals surface area (Å²) >= 11 is 7.10. The molecule has 180 valence electrons. The van der Waals surface area contributed by atoms with Crippen molar-refractivity contribution in [3.8, 4) is 17.2 Å². The van der Waals surface area contributed by atoms with Crippen LogP contribution in [0.15, 0.2) is 59.5 Å². The van der Waals surface area contributed by atoms with Gasteiger partial charge < -0.3 is 19.9 Å². The summed E-state index contributed by atoms with van der Waals surface area (Å²) < 4.78 is 16.5. The molecule has 1 fully saturated rings. The molecule has 35 heavy (non-hydrogen) atoms. The SMILES string of the molecule is COc1cc(/C=C2\SC(=O)N(CCOc3cccc4ccccc34)C2=O)cc(Cl)c1OCC(N)=O. The second kappa shape index (κ2) is 10.7. The number of amides is 3. The van der Waals surface area contributed by atoms with E-state index in [4.69, 9.17) is 31.5 Å². The molecule has 3 aromatic rings. The van der Waals surface area contributed by atoms with E-state index in [-0.39, 0.29) is 46.4 Å². The van der Waals surface area contributed by atoms with Crippen LogP contribution in [0.25, 0.3) is 16.8 Å². The van der Waals surface area contributed by atoms with Gasteiger partial charge in [-0.3, -0.25) is 19.3 Å². The fraction of sp³-hybridized carbons (Fsp3) is 0.160. The molecule has 1 aliphatic heterocycles. The highest BCUT2D eigenvalue weighted by Gasteiger charge is 2.35. The van der Waals surface area contributed by atoms with Crippen LogP contribution in [0, 0.1) is 0 Å². The first kappa shape index (κ1) is 24.4. The lowest BCUT2D eigenvalue weighted by Gasteiger charge is -2.14. The maximum absolute atomic E-state index is 12.9.